The van der Waals surface area contributed by atoms with Crippen LogP contribution in [0.3, 0.4) is 0 Å². The van der Waals surface area contributed by atoms with Crippen molar-refractivity contribution in [1.29, 1.82) is 0 Å². The third-order valence-electron chi connectivity index (χ3n) is 3.48. The molecule has 1 aliphatic rings. The maximum atomic E-state index is 12.3. The standard InChI is InChI=1S/C13H25N3O3/c1-3-10(8-14)7-12(17)16-5-6-19-9-11(16)13(18)15-4-2/h10-11H,3-9,14H2,1-2H3,(H,15,18). The first-order chi connectivity index (χ1) is 9.13. The molecule has 0 radical (unpaired) electrons. The number of nitrogens with one attached hydrogen (secondary N) is 1. The zero-order chi connectivity index (χ0) is 14.3. The highest BCUT2D eigenvalue weighted by Gasteiger charge is 2.32. The van der Waals surface area contributed by atoms with Crippen LogP contribution >= 0.6 is 0 Å². The van der Waals surface area contributed by atoms with Crippen molar-refractivity contribution in [2.24, 2.45) is 11.7 Å². The van der Waals surface area contributed by atoms with E-state index in [-0.39, 0.29) is 24.3 Å². The summed E-state index contributed by atoms with van der Waals surface area (Å²) in [6.07, 6.45) is 1.28. The lowest BCUT2D eigenvalue weighted by Crippen LogP contribution is -2.56. The van der Waals surface area contributed by atoms with E-state index < -0.39 is 6.04 Å². The molecule has 0 saturated carbocycles. The van der Waals surface area contributed by atoms with Gasteiger partial charge in [-0.05, 0) is 19.4 Å². The van der Waals surface area contributed by atoms with Gasteiger partial charge in [0.05, 0.1) is 13.2 Å². The van der Waals surface area contributed by atoms with Crippen LogP contribution in [0.25, 0.3) is 0 Å². The second-order valence-corrected chi connectivity index (χ2v) is 4.79. The summed E-state index contributed by atoms with van der Waals surface area (Å²) in [5, 5.41) is 2.74. The van der Waals surface area contributed by atoms with Gasteiger partial charge in [0, 0.05) is 19.5 Å². The van der Waals surface area contributed by atoms with Crippen molar-refractivity contribution >= 4 is 11.8 Å². The Morgan fingerprint density at radius 1 is 1.47 bits per heavy atom. The summed E-state index contributed by atoms with van der Waals surface area (Å²) in [4.78, 5) is 25.8. The van der Waals surface area contributed by atoms with Crippen LogP contribution in [0.15, 0.2) is 0 Å². The van der Waals surface area contributed by atoms with Crippen LogP contribution in [0, 0.1) is 5.92 Å². The molecule has 6 nitrogen and oxygen atoms in total. The Kier molecular flexibility index (Phi) is 6.80. The van der Waals surface area contributed by atoms with E-state index in [1.165, 1.54) is 0 Å². The quantitative estimate of drug-likeness (QED) is 0.696. The van der Waals surface area contributed by atoms with Gasteiger partial charge in [0.25, 0.3) is 0 Å². The molecule has 0 aromatic carbocycles. The Morgan fingerprint density at radius 3 is 2.79 bits per heavy atom. The lowest BCUT2D eigenvalue weighted by atomic mass is 10.0. The molecule has 6 heteroatoms. The number of likely N-dealkylation sites (N-methyl/N-ethyl adjacent to an activating group) is 1. The number of amides is 2. The second-order valence-electron chi connectivity index (χ2n) is 4.79. The average molecular weight is 271 g/mol. The Hall–Kier alpha value is -1.14. The third-order valence-corrected chi connectivity index (χ3v) is 3.48. The Labute approximate surface area is 114 Å². The number of morpholine rings is 1. The molecule has 1 aliphatic heterocycles. The molecule has 0 aromatic rings. The molecule has 0 aliphatic carbocycles. The Morgan fingerprint density at radius 2 is 2.21 bits per heavy atom. The van der Waals surface area contributed by atoms with Gasteiger partial charge < -0.3 is 20.7 Å². The summed E-state index contributed by atoms with van der Waals surface area (Å²) in [5.41, 5.74) is 5.63. The molecule has 2 atom stereocenters. The zero-order valence-corrected chi connectivity index (χ0v) is 11.9. The molecule has 1 heterocycles. The van der Waals surface area contributed by atoms with E-state index in [2.05, 4.69) is 5.32 Å². The van der Waals surface area contributed by atoms with Crippen LogP contribution in [-0.2, 0) is 14.3 Å². The first kappa shape index (κ1) is 15.9. The van der Waals surface area contributed by atoms with E-state index in [0.717, 1.165) is 6.42 Å². The summed E-state index contributed by atoms with van der Waals surface area (Å²) in [6, 6.07) is -0.503. The van der Waals surface area contributed by atoms with Crippen molar-refractivity contribution < 1.29 is 14.3 Å². The third kappa shape index (κ3) is 4.47. The molecule has 1 fully saturated rings. The van der Waals surface area contributed by atoms with Crippen molar-refractivity contribution in [3.05, 3.63) is 0 Å². The summed E-state index contributed by atoms with van der Waals surface area (Å²) < 4.78 is 5.31. The Balaban J connectivity index is 2.65. The highest BCUT2D eigenvalue weighted by molar-refractivity contribution is 5.88. The monoisotopic (exact) mass is 271 g/mol. The van der Waals surface area contributed by atoms with Gasteiger partial charge >= 0.3 is 0 Å². The van der Waals surface area contributed by atoms with E-state index in [4.69, 9.17) is 10.5 Å². The number of carbonyl (C=O) groups is 2. The van der Waals surface area contributed by atoms with Crippen molar-refractivity contribution in [3.8, 4) is 0 Å². The normalized spacial score (nSPS) is 21.0. The van der Waals surface area contributed by atoms with Gasteiger partial charge in [-0.2, -0.15) is 0 Å². The SMILES string of the molecule is CCNC(=O)C1COCCN1C(=O)CC(CC)CN. The number of nitrogens with two attached hydrogens (primary N) is 1. The van der Waals surface area contributed by atoms with Crippen molar-refractivity contribution in [3.63, 3.8) is 0 Å². The lowest BCUT2D eigenvalue weighted by Gasteiger charge is -2.35. The molecule has 19 heavy (non-hydrogen) atoms. The smallest absolute Gasteiger partial charge is 0.245 e. The zero-order valence-electron chi connectivity index (χ0n) is 11.9. The molecule has 1 rings (SSSR count). The van der Waals surface area contributed by atoms with Gasteiger partial charge in [0.15, 0.2) is 0 Å². The summed E-state index contributed by atoms with van der Waals surface area (Å²) in [6.45, 7) is 6.16. The van der Waals surface area contributed by atoms with Crippen molar-refractivity contribution in [2.75, 3.05) is 32.8 Å². The first-order valence-corrected chi connectivity index (χ1v) is 6.98. The number of hydrogen-bond acceptors (Lipinski definition) is 4. The van der Waals surface area contributed by atoms with Gasteiger partial charge in [-0.1, -0.05) is 13.3 Å². The summed E-state index contributed by atoms with van der Waals surface area (Å²) in [7, 11) is 0. The van der Waals surface area contributed by atoms with Gasteiger partial charge in [-0.25, -0.2) is 0 Å². The predicted molar refractivity (Wildman–Crippen MR) is 72.5 cm³/mol. The van der Waals surface area contributed by atoms with E-state index in [9.17, 15) is 9.59 Å². The van der Waals surface area contributed by atoms with Crippen LogP contribution in [0.5, 0.6) is 0 Å². The van der Waals surface area contributed by atoms with E-state index in [1.807, 2.05) is 13.8 Å². The maximum Gasteiger partial charge on any atom is 0.245 e. The molecule has 2 unspecified atom stereocenters. The molecule has 1 saturated heterocycles. The fraction of sp³-hybridized carbons (Fsp3) is 0.846. The van der Waals surface area contributed by atoms with Gasteiger partial charge in [-0.15, -0.1) is 0 Å². The molecule has 110 valence electrons. The predicted octanol–water partition coefficient (Wildman–Crippen LogP) is -0.275. The van der Waals surface area contributed by atoms with Crippen LogP contribution < -0.4 is 11.1 Å². The Bertz CT molecular complexity index is 306. The minimum absolute atomic E-state index is 0.00291. The van der Waals surface area contributed by atoms with Crippen LogP contribution in [-0.4, -0.2) is 55.6 Å². The minimum Gasteiger partial charge on any atom is -0.377 e. The van der Waals surface area contributed by atoms with Crippen molar-refractivity contribution in [2.45, 2.75) is 32.7 Å². The maximum absolute atomic E-state index is 12.3. The number of ether oxygens (including phenoxy) is 1. The topological polar surface area (TPSA) is 84.7 Å². The van der Waals surface area contributed by atoms with Crippen molar-refractivity contribution in [1.82, 2.24) is 10.2 Å². The summed E-state index contributed by atoms with van der Waals surface area (Å²) >= 11 is 0. The van der Waals surface area contributed by atoms with Gasteiger partial charge in [0.1, 0.15) is 6.04 Å². The highest BCUT2D eigenvalue weighted by atomic mass is 16.5. The number of hydrogen-bond donors (Lipinski definition) is 2. The average Bonchev–Trinajstić information content (AvgIpc) is 2.44. The lowest BCUT2D eigenvalue weighted by molar-refractivity contribution is -0.149. The number of carbonyl (C=O) groups excluding carboxylic acids is 2. The van der Waals surface area contributed by atoms with Crippen LogP contribution in [0.2, 0.25) is 0 Å². The molecule has 0 aromatic heterocycles. The fourth-order valence-corrected chi connectivity index (χ4v) is 2.17. The number of nitrogens with zero attached hydrogens (tertiary/aromatic N) is 1. The molecule has 2 amide bonds. The van der Waals surface area contributed by atoms with Crippen LogP contribution in [0.4, 0.5) is 0 Å². The largest absolute Gasteiger partial charge is 0.377 e. The first-order valence-electron chi connectivity index (χ1n) is 6.98. The molecular formula is C13H25N3O3. The number of rotatable bonds is 6. The minimum atomic E-state index is -0.503. The molecule has 0 spiro atoms. The fourth-order valence-electron chi connectivity index (χ4n) is 2.17. The molecule has 3 N–H and O–H groups in total. The van der Waals surface area contributed by atoms with Gasteiger partial charge in [-0.3, -0.25) is 9.59 Å². The second kappa shape index (κ2) is 8.12. The summed E-state index contributed by atoms with van der Waals surface area (Å²) in [5.74, 6) is 0.0402. The van der Waals surface area contributed by atoms with E-state index >= 15 is 0 Å². The highest BCUT2D eigenvalue weighted by Crippen LogP contribution is 2.14. The van der Waals surface area contributed by atoms with E-state index in [0.29, 0.717) is 32.7 Å². The van der Waals surface area contributed by atoms with Crippen LogP contribution in [0.1, 0.15) is 26.7 Å². The van der Waals surface area contributed by atoms with Gasteiger partial charge in [0.2, 0.25) is 11.8 Å². The van der Waals surface area contributed by atoms with E-state index in [1.54, 1.807) is 4.90 Å². The molecular weight excluding hydrogens is 246 g/mol. The molecule has 0 bridgehead atoms.